The van der Waals surface area contributed by atoms with E-state index in [9.17, 15) is 0 Å². The molecule has 1 saturated carbocycles. The van der Waals surface area contributed by atoms with Crippen molar-refractivity contribution in [3.8, 4) is 0 Å². The van der Waals surface area contributed by atoms with Gasteiger partial charge in [0.15, 0.2) is 0 Å². The highest BCUT2D eigenvalue weighted by Gasteiger charge is 2.42. The summed E-state index contributed by atoms with van der Waals surface area (Å²) >= 11 is 4.59. The van der Waals surface area contributed by atoms with Crippen LogP contribution >= 0.6 is 12.6 Å². The van der Waals surface area contributed by atoms with Gasteiger partial charge in [-0.3, -0.25) is 9.80 Å². The average molecular weight is 186 g/mol. The van der Waals surface area contributed by atoms with Gasteiger partial charge < -0.3 is 0 Å². The van der Waals surface area contributed by atoms with Crippen LogP contribution in [-0.4, -0.2) is 41.5 Å². The number of hydrogen-bond donors (Lipinski definition) is 1. The highest BCUT2D eigenvalue weighted by molar-refractivity contribution is 7.80. The molecule has 0 bridgehead atoms. The molecule has 12 heavy (non-hydrogen) atoms. The number of likely N-dealkylation sites (N-methyl/N-ethyl adjacent to an activating group) is 2. The van der Waals surface area contributed by atoms with E-state index < -0.39 is 0 Å². The van der Waals surface area contributed by atoms with Crippen LogP contribution in [0.3, 0.4) is 0 Å². The van der Waals surface area contributed by atoms with Crippen molar-refractivity contribution in [2.24, 2.45) is 0 Å². The summed E-state index contributed by atoms with van der Waals surface area (Å²) in [6.45, 7) is 0. The summed E-state index contributed by atoms with van der Waals surface area (Å²) in [6, 6.07) is 1.54. The quantitative estimate of drug-likeness (QED) is 0.571. The Morgan fingerprint density at radius 1 is 1.00 bits per heavy atom. The molecule has 0 amide bonds. The largest absolute Gasteiger partial charge is 0.278 e. The third kappa shape index (κ3) is 1.19. The second-order valence-electron chi connectivity index (χ2n) is 4.10. The van der Waals surface area contributed by atoms with Crippen LogP contribution < -0.4 is 0 Å². The second-order valence-corrected chi connectivity index (χ2v) is 4.56. The Kier molecular flexibility index (Phi) is 2.36. The van der Waals surface area contributed by atoms with Crippen LogP contribution in [0.1, 0.15) is 25.7 Å². The van der Waals surface area contributed by atoms with Crippen LogP contribution in [0.2, 0.25) is 0 Å². The highest BCUT2D eigenvalue weighted by atomic mass is 32.1. The molecule has 0 aromatic carbocycles. The lowest BCUT2D eigenvalue weighted by atomic mass is 9.91. The van der Waals surface area contributed by atoms with Crippen molar-refractivity contribution in [3.05, 3.63) is 0 Å². The Bertz CT molecular complexity index is 156. The molecule has 0 aromatic rings. The van der Waals surface area contributed by atoms with E-state index in [0.29, 0.717) is 5.50 Å². The lowest BCUT2D eigenvalue weighted by molar-refractivity contribution is 0.233. The molecular formula is C9H18N2S. The van der Waals surface area contributed by atoms with E-state index in [1.165, 1.54) is 25.7 Å². The van der Waals surface area contributed by atoms with Crippen LogP contribution in [0.4, 0.5) is 0 Å². The number of rotatable bonds is 0. The monoisotopic (exact) mass is 186 g/mol. The zero-order valence-corrected chi connectivity index (χ0v) is 8.80. The van der Waals surface area contributed by atoms with Crippen molar-refractivity contribution < 1.29 is 0 Å². The van der Waals surface area contributed by atoms with Crippen molar-refractivity contribution in [1.82, 2.24) is 9.80 Å². The number of hydrogen-bond acceptors (Lipinski definition) is 3. The van der Waals surface area contributed by atoms with Gasteiger partial charge in [-0.2, -0.15) is 0 Å². The van der Waals surface area contributed by atoms with Crippen molar-refractivity contribution >= 4 is 12.6 Å². The van der Waals surface area contributed by atoms with Crippen molar-refractivity contribution in [2.45, 2.75) is 43.3 Å². The van der Waals surface area contributed by atoms with Crippen LogP contribution in [0.5, 0.6) is 0 Å². The molecule has 0 aromatic heterocycles. The van der Waals surface area contributed by atoms with Crippen molar-refractivity contribution in [2.75, 3.05) is 14.1 Å². The van der Waals surface area contributed by atoms with E-state index in [4.69, 9.17) is 0 Å². The molecule has 2 aliphatic rings. The average Bonchev–Trinajstić information content (AvgIpc) is 2.33. The van der Waals surface area contributed by atoms with E-state index in [0.717, 1.165) is 12.1 Å². The van der Waals surface area contributed by atoms with Gasteiger partial charge in [0, 0.05) is 12.1 Å². The summed E-state index contributed by atoms with van der Waals surface area (Å²) in [7, 11) is 4.40. The normalized spacial score (nSPS) is 44.8. The maximum absolute atomic E-state index is 4.59. The van der Waals surface area contributed by atoms with Gasteiger partial charge in [-0.25, -0.2) is 0 Å². The predicted octanol–water partition coefficient (Wildman–Crippen LogP) is 1.39. The molecule has 1 heterocycles. The molecule has 1 aliphatic carbocycles. The van der Waals surface area contributed by atoms with Gasteiger partial charge >= 0.3 is 0 Å². The van der Waals surface area contributed by atoms with Gasteiger partial charge in [0.25, 0.3) is 0 Å². The van der Waals surface area contributed by atoms with Crippen LogP contribution in [-0.2, 0) is 0 Å². The smallest absolute Gasteiger partial charge is 0.108 e. The minimum absolute atomic E-state index is 0.345. The molecule has 2 atom stereocenters. The summed E-state index contributed by atoms with van der Waals surface area (Å²) in [5, 5.41) is 0. The standard InChI is InChI=1S/C9H18N2S/c1-10-7-5-3-4-6-8(7)11(2)9(10)12/h7-9,12H,3-6H2,1-2H3. The number of thiol groups is 1. The minimum atomic E-state index is 0.345. The topological polar surface area (TPSA) is 6.48 Å². The fourth-order valence-corrected chi connectivity index (χ4v) is 3.01. The van der Waals surface area contributed by atoms with E-state index in [1.807, 2.05) is 0 Å². The first-order chi connectivity index (χ1) is 5.72. The molecular weight excluding hydrogens is 168 g/mol. The lowest BCUT2D eigenvalue weighted by Crippen LogP contribution is -2.37. The van der Waals surface area contributed by atoms with Gasteiger partial charge in [0.05, 0.1) is 0 Å². The Morgan fingerprint density at radius 2 is 1.42 bits per heavy atom. The molecule has 1 saturated heterocycles. The first-order valence-electron chi connectivity index (χ1n) is 4.84. The maximum Gasteiger partial charge on any atom is 0.108 e. The van der Waals surface area contributed by atoms with E-state index in [-0.39, 0.29) is 0 Å². The van der Waals surface area contributed by atoms with Crippen LogP contribution in [0.15, 0.2) is 0 Å². The summed E-state index contributed by atoms with van der Waals surface area (Å²) in [4.78, 5) is 4.82. The molecule has 0 radical (unpaired) electrons. The summed E-state index contributed by atoms with van der Waals surface area (Å²) in [6.07, 6.45) is 5.53. The Morgan fingerprint density at radius 3 is 1.83 bits per heavy atom. The molecule has 70 valence electrons. The molecule has 3 heteroatoms. The second kappa shape index (κ2) is 3.20. The first kappa shape index (κ1) is 8.85. The van der Waals surface area contributed by atoms with Crippen LogP contribution in [0.25, 0.3) is 0 Å². The summed E-state index contributed by atoms with van der Waals surface area (Å²) in [5.41, 5.74) is 0.345. The number of fused-ring (bicyclic) bond motifs is 1. The van der Waals surface area contributed by atoms with E-state index in [2.05, 4.69) is 36.5 Å². The Labute approximate surface area is 80.3 Å². The lowest BCUT2D eigenvalue weighted by Gasteiger charge is -2.29. The SMILES string of the molecule is CN1C2CCCCC2N(C)C1S. The van der Waals surface area contributed by atoms with Crippen molar-refractivity contribution in [3.63, 3.8) is 0 Å². The van der Waals surface area contributed by atoms with Gasteiger partial charge in [-0.05, 0) is 26.9 Å². The highest BCUT2D eigenvalue weighted by Crippen LogP contribution is 2.35. The fraction of sp³-hybridized carbons (Fsp3) is 1.00. The summed E-state index contributed by atoms with van der Waals surface area (Å²) < 4.78 is 0. The minimum Gasteiger partial charge on any atom is -0.278 e. The molecule has 0 N–H and O–H groups in total. The van der Waals surface area contributed by atoms with E-state index >= 15 is 0 Å². The van der Waals surface area contributed by atoms with Crippen molar-refractivity contribution in [1.29, 1.82) is 0 Å². The van der Waals surface area contributed by atoms with Gasteiger partial charge in [0.1, 0.15) is 5.50 Å². The zero-order chi connectivity index (χ0) is 8.72. The Balaban J connectivity index is 2.14. The number of nitrogens with zero attached hydrogens (tertiary/aromatic N) is 2. The van der Waals surface area contributed by atoms with Gasteiger partial charge in [-0.1, -0.05) is 12.8 Å². The summed E-state index contributed by atoms with van der Waals surface area (Å²) in [5.74, 6) is 0. The molecule has 2 unspecified atom stereocenters. The molecule has 2 nitrogen and oxygen atoms in total. The molecule has 2 fully saturated rings. The third-order valence-electron chi connectivity index (χ3n) is 3.47. The molecule has 2 rings (SSSR count). The fourth-order valence-electron chi connectivity index (χ4n) is 2.67. The maximum atomic E-state index is 4.59. The van der Waals surface area contributed by atoms with Gasteiger partial charge in [0.2, 0.25) is 0 Å². The Hall–Kier alpha value is 0.270. The van der Waals surface area contributed by atoms with E-state index in [1.54, 1.807) is 0 Å². The van der Waals surface area contributed by atoms with Gasteiger partial charge in [-0.15, -0.1) is 12.6 Å². The molecule has 1 aliphatic heterocycles. The molecule has 0 spiro atoms. The third-order valence-corrected chi connectivity index (χ3v) is 4.20. The van der Waals surface area contributed by atoms with Crippen LogP contribution in [0, 0.1) is 0 Å². The zero-order valence-electron chi connectivity index (χ0n) is 7.90. The first-order valence-corrected chi connectivity index (χ1v) is 5.35. The predicted molar refractivity (Wildman–Crippen MR) is 54.3 cm³/mol.